The van der Waals surface area contributed by atoms with E-state index in [1.54, 1.807) is 13.2 Å². The van der Waals surface area contributed by atoms with E-state index < -0.39 is 12.0 Å². The summed E-state index contributed by atoms with van der Waals surface area (Å²) >= 11 is 5.84. The van der Waals surface area contributed by atoms with Gasteiger partial charge in [-0.1, -0.05) is 31.0 Å². The Kier molecular flexibility index (Phi) is 6.98. The van der Waals surface area contributed by atoms with E-state index in [2.05, 4.69) is 10.6 Å². The molecular formula is C14H19ClN2O4. The molecule has 2 amide bonds. The van der Waals surface area contributed by atoms with Crippen molar-refractivity contribution in [3.63, 3.8) is 0 Å². The summed E-state index contributed by atoms with van der Waals surface area (Å²) in [6, 6.07) is 3.89. The number of carboxylic acid groups (broad SMARTS) is 1. The van der Waals surface area contributed by atoms with Gasteiger partial charge in [0.05, 0.1) is 23.4 Å². The topological polar surface area (TPSA) is 87.7 Å². The molecule has 1 aromatic rings. The van der Waals surface area contributed by atoms with Gasteiger partial charge in [-0.25, -0.2) is 9.59 Å². The molecule has 1 unspecified atom stereocenters. The number of carbonyl (C=O) groups excluding carboxylic acids is 1. The lowest BCUT2D eigenvalue weighted by Gasteiger charge is -2.18. The van der Waals surface area contributed by atoms with Crippen molar-refractivity contribution < 1.29 is 19.4 Å². The van der Waals surface area contributed by atoms with E-state index in [1.165, 1.54) is 12.1 Å². The fraction of sp³-hybridized carbons (Fsp3) is 0.429. The van der Waals surface area contributed by atoms with Gasteiger partial charge < -0.3 is 20.5 Å². The zero-order valence-corrected chi connectivity index (χ0v) is 12.7. The summed E-state index contributed by atoms with van der Waals surface area (Å²) in [7, 11) is 1.56. The first-order chi connectivity index (χ1) is 9.99. The van der Waals surface area contributed by atoms with Gasteiger partial charge in [0, 0.05) is 7.11 Å². The summed E-state index contributed by atoms with van der Waals surface area (Å²) in [5.41, 5.74) is 0.0215. The van der Waals surface area contributed by atoms with Crippen LogP contribution in [0.3, 0.4) is 0 Å². The largest absolute Gasteiger partial charge is 0.478 e. The minimum atomic E-state index is -1.20. The second kappa shape index (κ2) is 8.49. The number of benzene rings is 1. The molecule has 0 heterocycles. The van der Waals surface area contributed by atoms with Gasteiger partial charge in [-0.3, -0.25) is 0 Å². The molecule has 0 aromatic heterocycles. The summed E-state index contributed by atoms with van der Waals surface area (Å²) in [5.74, 6) is -1.20. The third-order valence-corrected chi connectivity index (χ3v) is 3.13. The maximum atomic E-state index is 11.9. The summed E-state index contributed by atoms with van der Waals surface area (Å²) in [4.78, 5) is 23.1. The van der Waals surface area contributed by atoms with Crippen LogP contribution in [0.5, 0.6) is 0 Å². The molecule has 3 N–H and O–H groups in total. The zero-order valence-electron chi connectivity index (χ0n) is 12.0. The molecule has 21 heavy (non-hydrogen) atoms. The normalized spacial score (nSPS) is 11.8. The molecule has 116 valence electrons. The third kappa shape index (κ3) is 5.24. The zero-order chi connectivity index (χ0) is 15.8. The van der Waals surface area contributed by atoms with E-state index in [9.17, 15) is 9.59 Å². The predicted molar refractivity (Wildman–Crippen MR) is 81.1 cm³/mol. The Bertz CT molecular complexity index is 502. The standard InChI is InChI=1S/C14H19ClN2O4/c1-3-5-9(8-21-2)16-14(20)17-11-7-4-6-10(15)12(11)13(18)19/h4,6-7,9H,3,5,8H2,1-2H3,(H,18,19)(H2,16,17,20). The number of anilines is 1. The van der Waals surface area contributed by atoms with E-state index in [4.69, 9.17) is 21.4 Å². The fourth-order valence-corrected chi connectivity index (χ4v) is 2.19. The monoisotopic (exact) mass is 314 g/mol. The number of hydrogen-bond donors (Lipinski definition) is 3. The molecule has 6 nitrogen and oxygen atoms in total. The molecule has 0 fully saturated rings. The van der Waals surface area contributed by atoms with Crippen LogP contribution in [0.15, 0.2) is 18.2 Å². The van der Waals surface area contributed by atoms with Crippen LogP contribution in [0.2, 0.25) is 5.02 Å². The summed E-state index contributed by atoms with van der Waals surface area (Å²) in [6.07, 6.45) is 1.66. The summed E-state index contributed by atoms with van der Waals surface area (Å²) < 4.78 is 5.03. The summed E-state index contributed by atoms with van der Waals surface area (Å²) in [5, 5.41) is 14.5. The number of carbonyl (C=O) groups is 2. The van der Waals surface area contributed by atoms with Crippen LogP contribution in [0.25, 0.3) is 0 Å². The van der Waals surface area contributed by atoms with Gasteiger partial charge in [-0.05, 0) is 18.6 Å². The number of nitrogens with one attached hydrogen (secondary N) is 2. The molecule has 0 saturated heterocycles. The number of methoxy groups -OCH3 is 1. The number of amides is 2. The van der Waals surface area contributed by atoms with Crippen LogP contribution < -0.4 is 10.6 Å². The number of hydrogen-bond acceptors (Lipinski definition) is 3. The second-order valence-electron chi connectivity index (χ2n) is 4.51. The van der Waals surface area contributed by atoms with Gasteiger partial charge in [-0.2, -0.15) is 0 Å². The van der Waals surface area contributed by atoms with Crippen molar-refractivity contribution in [3.8, 4) is 0 Å². The lowest BCUT2D eigenvalue weighted by molar-refractivity contribution is 0.0698. The average molecular weight is 315 g/mol. The molecule has 0 aliphatic carbocycles. The van der Waals surface area contributed by atoms with Crippen molar-refractivity contribution >= 4 is 29.3 Å². The number of halogens is 1. The van der Waals surface area contributed by atoms with E-state index in [1.807, 2.05) is 6.92 Å². The third-order valence-electron chi connectivity index (χ3n) is 2.82. The molecular weight excluding hydrogens is 296 g/mol. The maximum Gasteiger partial charge on any atom is 0.339 e. The van der Waals surface area contributed by atoms with Crippen molar-refractivity contribution in [2.75, 3.05) is 19.0 Å². The van der Waals surface area contributed by atoms with E-state index >= 15 is 0 Å². The van der Waals surface area contributed by atoms with Gasteiger partial charge in [0.25, 0.3) is 0 Å². The Labute approximate surface area is 128 Å². The highest BCUT2D eigenvalue weighted by Crippen LogP contribution is 2.24. The van der Waals surface area contributed by atoms with Gasteiger partial charge >= 0.3 is 12.0 Å². The average Bonchev–Trinajstić information content (AvgIpc) is 2.38. The molecule has 0 aliphatic rings. The molecule has 0 aliphatic heterocycles. The van der Waals surface area contributed by atoms with Crippen molar-refractivity contribution in [2.24, 2.45) is 0 Å². The summed E-state index contributed by atoms with van der Waals surface area (Å²) in [6.45, 7) is 2.39. The van der Waals surface area contributed by atoms with E-state index in [0.29, 0.717) is 6.61 Å². The molecule has 1 atom stereocenters. The van der Waals surface area contributed by atoms with Crippen molar-refractivity contribution in [3.05, 3.63) is 28.8 Å². The fourth-order valence-electron chi connectivity index (χ4n) is 1.94. The van der Waals surface area contributed by atoms with E-state index in [0.717, 1.165) is 12.8 Å². The highest BCUT2D eigenvalue weighted by atomic mass is 35.5. The van der Waals surface area contributed by atoms with E-state index in [-0.39, 0.29) is 22.3 Å². The number of carboxylic acids is 1. The molecule has 0 saturated carbocycles. The lowest BCUT2D eigenvalue weighted by atomic mass is 10.1. The van der Waals surface area contributed by atoms with Gasteiger partial charge in [0.1, 0.15) is 5.56 Å². The Balaban J connectivity index is 2.79. The van der Waals surface area contributed by atoms with Crippen LogP contribution in [0, 0.1) is 0 Å². The van der Waals surface area contributed by atoms with Crippen LogP contribution in [-0.2, 0) is 4.74 Å². The van der Waals surface area contributed by atoms with Crippen LogP contribution in [0.4, 0.5) is 10.5 Å². The van der Waals surface area contributed by atoms with Gasteiger partial charge in [-0.15, -0.1) is 0 Å². The van der Waals surface area contributed by atoms with Crippen molar-refractivity contribution in [1.82, 2.24) is 5.32 Å². The van der Waals surface area contributed by atoms with Gasteiger partial charge in [0.2, 0.25) is 0 Å². The predicted octanol–water partition coefficient (Wildman–Crippen LogP) is 2.97. The SMILES string of the molecule is CCCC(COC)NC(=O)Nc1cccc(Cl)c1C(=O)O. The first-order valence-electron chi connectivity index (χ1n) is 6.57. The second-order valence-corrected chi connectivity index (χ2v) is 4.91. The Hall–Kier alpha value is -1.79. The van der Waals surface area contributed by atoms with Crippen molar-refractivity contribution in [1.29, 1.82) is 0 Å². The molecule has 0 radical (unpaired) electrons. The first kappa shape index (κ1) is 17.3. The minimum Gasteiger partial charge on any atom is -0.478 e. The molecule has 1 rings (SSSR count). The number of ether oxygens (including phenoxy) is 1. The van der Waals surface area contributed by atoms with Crippen LogP contribution >= 0.6 is 11.6 Å². The lowest BCUT2D eigenvalue weighted by Crippen LogP contribution is -2.40. The molecule has 7 heteroatoms. The number of urea groups is 1. The Morgan fingerprint density at radius 1 is 1.43 bits per heavy atom. The van der Waals surface area contributed by atoms with Gasteiger partial charge in [0.15, 0.2) is 0 Å². The molecule has 0 bridgehead atoms. The molecule has 0 spiro atoms. The highest BCUT2D eigenvalue weighted by Gasteiger charge is 2.17. The smallest absolute Gasteiger partial charge is 0.339 e. The first-order valence-corrected chi connectivity index (χ1v) is 6.95. The Morgan fingerprint density at radius 3 is 2.71 bits per heavy atom. The Morgan fingerprint density at radius 2 is 2.14 bits per heavy atom. The maximum absolute atomic E-state index is 11.9. The quantitative estimate of drug-likeness (QED) is 0.722. The van der Waals surface area contributed by atoms with Crippen LogP contribution in [-0.4, -0.2) is 36.9 Å². The number of aromatic carboxylic acids is 1. The highest BCUT2D eigenvalue weighted by molar-refractivity contribution is 6.34. The van der Waals surface area contributed by atoms with Crippen LogP contribution in [0.1, 0.15) is 30.1 Å². The molecule has 1 aromatic carbocycles. The number of rotatable bonds is 7. The minimum absolute atomic E-state index is 0.0716. The van der Waals surface area contributed by atoms with Crippen molar-refractivity contribution in [2.45, 2.75) is 25.8 Å².